The van der Waals surface area contributed by atoms with Gasteiger partial charge in [-0.25, -0.2) is 13.2 Å². The van der Waals surface area contributed by atoms with E-state index >= 15 is 0 Å². The Labute approximate surface area is 143 Å². The molecule has 0 aliphatic rings. The molecule has 0 aliphatic heterocycles. The summed E-state index contributed by atoms with van der Waals surface area (Å²) in [6.45, 7) is 2.27. The van der Waals surface area contributed by atoms with E-state index in [2.05, 4.69) is 10.1 Å². The maximum absolute atomic E-state index is 12.0. The number of hydrogen-bond acceptors (Lipinski definition) is 5. The molecule has 0 saturated heterocycles. The summed E-state index contributed by atoms with van der Waals surface area (Å²) in [6.07, 6.45) is 3.22. The quantitative estimate of drug-likeness (QED) is 0.678. The van der Waals surface area contributed by atoms with E-state index in [0.29, 0.717) is 12.1 Å². The van der Waals surface area contributed by atoms with Crippen molar-refractivity contribution in [3.05, 3.63) is 29.8 Å². The number of unbranched alkanes of at least 4 members (excludes halogenated alkanes) is 1. The summed E-state index contributed by atoms with van der Waals surface area (Å²) in [7, 11) is -2.29. The Kier molecular flexibility index (Phi) is 7.70. The van der Waals surface area contributed by atoms with Gasteiger partial charge in [0, 0.05) is 13.0 Å². The van der Waals surface area contributed by atoms with E-state index in [0.717, 1.165) is 23.4 Å². The van der Waals surface area contributed by atoms with E-state index in [-0.39, 0.29) is 24.6 Å². The van der Waals surface area contributed by atoms with E-state index in [1.807, 2.05) is 6.92 Å². The standard InChI is InChI=1S/C16H24N2O5S/c1-4-5-9-15(19)17-10-11-18(24(3,21)22)14-8-6-7-13(12-14)16(20)23-2/h6-8,12H,4-5,9-11H2,1-3H3,(H,17,19). The van der Waals surface area contributed by atoms with E-state index < -0.39 is 16.0 Å². The Balaban J connectivity index is 2.84. The predicted molar refractivity (Wildman–Crippen MR) is 92.5 cm³/mol. The van der Waals surface area contributed by atoms with Crippen molar-refractivity contribution in [3.63, 3.8) is 0 Å². The van der Waals surface area contributed by atoms with Crippen molar-refractivity contribution in [1.82, 2.24) is 5.32 Å². The number of amides is 1. The Morgan fingerprint density at radius 2 is 2.00 bits per heavy atom. The zero-order chi connectivity index (χ0) is 18.2. The average Bonchev–Trinajstić information content (AvgIpc) is 2.55. The van der Waals surface area contributed by atoms with Gasteiger partial charge in [-0.05, 0) is 24.6 Å². The van der Waals surface area contributed by atoms with Crippen LogP contribution in [0.2, 0.25) is 0 Å². The molecular formula is C16H24N2O5S. The number of carbonyl (C=O) groups is 2. The molecule has 0 aliphatic carbocycles. The fourth-order valence-electron chi connectivity index (χ4n) is 2.11. The van der Waals surface area contributed by atoms with E-state index in [1.165, 1.54) is 13.2 Å². The molecule has 8 heteroatoms. The highest BCUT2D eigenvalue weighted by atomic mass is 32.2. The van der Waals surface area contributed by atoms with Gasteiger partial charge in [-0.2, -0.15) is 0 Å². The first-order chi connectivity index (χ1) is 11.3. The van der Waals surface area contributed by atoms with Crippen molar-refractivity contribution < 1.29 is 22.7 Å². The lowest BCUT2D eigenvalue weighted by Gasteiger charge is -2.23. The third-order valence-corrected chi connectivity index (χ3v) is 4.54. The summed E-state index contributed by atoms with van der Waals surface area (Å²) in [4.78, 5) is 23.2. The van der Waals surface area contributed by atoms with Gasteiger partial charge in [0.2, 0.25) is 15.9 Å². The minimum absolute atomic E-state index is 0.0846. The molecule has 0 unspecified atom stereocenters. The molecule has 0 aromatic heterocycles. The lowest BCUT2D eigenvalue weighted by Crippen LogP contribution is -2.38. The highest BCUT2D eigenvalue weighted by Gasteiger charge is 2.19. The fraction of sp³-hybridized carbons (Fsp3) is 0.500. The zero-order valence-electron chi connectivity index (χ0n) is 14.2. The number of methoxy groups -OCH3 is 1. The van der Waals surface area contributed by atoms with Crippen molar-refractivity contribution in [2.75, 3.05) is 30.8 Å². The minimum Gasteiger partial charge on any atom is -0.465 e. The van der Waals surface area contributed by atoms with Gasteiger partial charge in [0.05, 0.1) is 31.2 Å². The van der Waals surface area contributed by atoms with Crippen molar-refractivity contribution in [1.29, 1.82) is 0 Å². The van der Waals surface area contributed by atoms with Gasteiger partial charge in [0.25, 0.3) is 0 Å². The van der Waals surface area contributed by atoms with Crippen LogP contribution in [-0.2, 0) is 19.6 Å². The molecule has 134 valence electrons. The number of benzene rings is 1. The third kappa shape index (κ3) is 6.19. The molecule has 0 fully saturated rings. The summed E-state index contributed by atoms with van der Waals surface area (Å²) in [6, 6.07) is 6.17. The van der Waals surface area contributed by atoms with Crippen molar-refractivity contribution in [3.8, 4) is 0 Å². The lowest BCUT2D eigenvalue weighted by molar-refractivity contribution is -0.121. The van der Waals surface area contributed by atoms with E-state index in [9.17, 15) is 18.0 Å². The SMILES string of the molecule is CCCCC(=O)NCCN(c1cccc(C(=O)OC)c1)S(C)(=O)=O. The predicted octanol–water partition coefficient (Wildman–Crippen LogP) is 1.55. The number of ether oxygens (including phenoxy) is 1. The summed E-state index contributed by atoms with van der Waals surface area (Å²) < 4.78 is 29.8. The van der Waals surface area contributed by atoms with E-state index in [4.69, 9.17) is 0 Å². The molecule has 7 nitrogen and oxygen atoms in total. The fourth-order valence-corrected chi connectivity index (χ4v) is 3.03. The van der Waals surface area contributed by atoms with Crippen LogP contribution in [0.25, 0.3) is 0 Å². The van der Waals surface area contributed by atoms with Crippen molar-refractivity contribution >= 4 is 27.6 Å². The van der Waals surface area contributed by atoms with Crippen LogP contribution in [0.4, 0.5) is 5.69 Å². The molecule has 1 aromatic rings. The first kappa shape index (κ1) is 20.0. The van der Waals surface area contributed by atoms with Crippen LogP contribution in [0, 0.1) is 0 Å². The third-order valence-electron chi connectivity index (χ3n) is 3.35. The maximum atomic E-state index is 12.0. The van der Waals surface area contributed by atoms with Gasteiger partial charge in [-0.1, -0.05) is 19.4 Å². The smallest absolute Gasteiger partial charge is 0.337 e. The Morgan fingerprint density at radius 1 is 1.29 bits per heavy atom. The van der Waals surface area contributed by atoms with Crippen LogP contribution in [0.3, 0.4) is 0 Å². The van der Waals surface area contributed by atoms with Gasteiger partial charge in [-0.3, -0.25) is 9.10 Å². The Bertz CT molecular complexity index is 673. The summed E-state index contributed by atoms with van der Waals surface area (Å²) in [5.74, 6) is -0.646. The highest BCUT2D eigenvalue weighted by molar-refractivity contribution is 7.92. The molecular weight excluding hydrogens is 332 g/mol. The van der Waals surface area contributed by atoms with Crippen LogP contribution in [0.5, 0.6) is 0 Å². The molecule has 1 N–H and O–H groups in total. The molecule has 0 atom stereocenters. The first-order valence-corrected chi connectivity index (χ1v) is 9.57. The van der Waals surface area contributed by atoms with Gasteiger partial charge in [0.15, 0.2) is 0 Å². The summed E-state index contributed by atoms with van der Waals surface area (Å²) in [5.41, 5.74) is 0.610. The molecule has 24 heavy (non-hydrogen) atoms. The van der Waals surface area contributed by atoms with Crippen LogP contribution >= 0.6 is 0 Å². The van der Waals surface area contributed by atoms with Crippen LogP contribution in [0.15, 0.2) is 24.3 Å². The zero-order valence-corrected chi connectivity index (χ0v) is 15.1. The largest absolute Gasteiger partial charge is 0.465 e. The molecule has 0 spiro atoms. The average molecular weight is 356 g/mol. The number of nitrogens with zero attached hydrogens (tertiary/aromatic N) is 1. The maximum Gasteiger partial charge on any atom is 0.337 e. The number of anilines is 1. The molecule has 1 rings (SSSR count). The highest BCUT2D eigenvalue weighted by Crippen LogP contribution is 2.19. The molecule has 0 radical (unpaired) electrons. The molecule has 0 saturated carbocycles. The van der Waals surface area contributed by atoms with Gasteiger partial charge < -0.3 is 10.1 Å². The molecule has 1 aromatic carbocycles. The number of nitrogens with one attached hydrogen (secondary N) is 1. The molecule has 0 bridgehead atoms. The minimum atomic E-state index is -3.55. The van der Waals surface area contributed by atoms with Crippen LogP contribution < -0.4 is 9.62 Å². The van der Waals surface area contributed by atoms with Gasteiger partial charge in [0.1, 0.15) is 0 Å². The summed E-state index contributed by atoms with van der Waals surface area (Å²) >= 11 is 0. The lowest BCUT2D eigenvalue weighted by atomic mass is 10.2. The number of sulfonamides is 1. The van der Waals surface area contributed by atoms with E-state index in [1.54, 1.807) is 18.2 Å². The second kappa shape index (κ2) is 9.27. The Morgan fingerprint density at radius 3 is 2.58 bits per heavy atom. The summed E-state index contributed by atoms with van der Waals surface area (Å²) in [5, 5.41) is 2.70. The van der Waals surface area contributed by atoms with Gasteiger partial charge >= 0.3 is 5.97 Å². The Hall–Kier alpha value is -2.09. The normalized spacial score (nSPS) is 11.0. The topological polar surface area (TPSA) is 92.8 Å². The number of hydrogen-bond donors (Lipinski definition) is 1. The van der Waals surface area contributed by atoms with Crippen molar-refractivity contribution in [2.45, 2.75) is 26.2 Å². The number of rotatable bonds is 9. The second-order valence-electron chi connectivity index (χ2n) is 5.33. The number of carbonyl (C=O) groups excluding carboxylic acids is 2. The first-order valence-electron chi connectivity index (χ1n) is 7.72. The number of esters is 1. The molecule has 1 amide bonds. The second-order valence-corrected chi connectivity index (χ2v) is 7.24. The van der Waals surface area contributed by atoms with Crippen LogP contribution in [-0.4, -0.2) is 46.7 Å². The van der Waals surface area contributed by atoms with Gasteiger partial charge in [-0.15, -0.1) is 0 Å². The van der Waals surface area contributed by atoms with Crippen LogP contribution in [0.1, 0.15) is 36.5 Å². The van der Waals surface area contributed by atoms with Crippen molar-refractivity contribution in [2.24, 2.45) is 0 Å². The monoisotopic (exact) mass is 356 g/mol. The molecule has 0 heterocycles.